The molecule has 0 saturated heterocycles. The van der Waals surface area contributed by atoms with E-state index in [2.05, 4.69) is 45.0 Å². The molecule has 88 valence electrons. The van der Waals surface area contributed by atoms with Gasteiger partial charge in [-0.1, -0.05) is 52.0 Å². The molecule has 0 radical (unpaired) electrons. The van der Waals surface area contributed by atoms with Crippen molar-refractivity contribution in [2.75, 3.05) is 0 Å². The lowest BCUT2D eigenvalue weighted by Gasteiger charge is -2.23. The third-order valence-corrected chi connectivity index (χ3v) is 3.41. The summed E-state index contributed by atoms with van der Waals surface area (Å²) in [6.45, 7) is 8.69. The van der Waals surface area contributed by atoms with E-state index < -0.39 is 0 Å². The van der Waals surface area contributed by atoms with Gasteiger partial charge in [0.1, 0.15) is 6.29 Å². The minimum Gasteiger partial charge on any atom is -0.303 e. The Bertz CT molecular complexity index is 335. The highest BCUT2D eigenvalue weighted by Crippen LogP contribution is 2.26. The van der Waals surface area contributed by atoms with Gasteiger partial charge in [0.25, 0.3) is 0 Å². The Hall–Kier alpha value is -1.11. The fourth-order valence-corrected chi connectivity index (χ4v) is 1.72. The zero-order chi connectivity index (χ0) is 12.2. The van der Waals surface area contributed by atoms with Crippen LogP contribution in [0.15, 0.2) is 24.3 Å². The van der Waals surface area contributed by atoms with Gasteiger partial charge in [-0.05, 0) is 29.4 Å². The van der Waals surface area contributed by atoms with Crippen LogP contribution in [0.5, 0.6) is 0 Å². The Balaban J connectivity index is 2.79. The second-order valence-electron chi connectivity index (χ2n) is 5.25. The smallest absolute Gasteiger partial charge is 0.123 e. The fourth-order valence-electron chi connectivity index (χ4n) is 1.72. The third kappa shape index (κ3) is 3.19. The molecule has 0 amide bonds. The summed E-state index contributed by atoms with van der Waals surface area (Å²) in [5, 5.41) is 0. The van der Waals surface area contributed by atoms with Gasteiger partial charge in [0.15, 0.2) is 0 Å². The summed E-state index contributed by atoms with van der Waals surface area (Å²) in [4.78, 5) is 10.6. The lowest BCUT2D eigenvalue weighted by atomic mass is 9.82. The van der Waals surface area contributed by atoms with Gasteiger partial charge in [0, 0.05) is 5.92 Å². The Labute approximate surface area is 98.9 Å². The monoisotopic (exact) mass is 218 g/mol. The first-order valence-corrected chi connectivity index (χ1v) is 6.04. The third-order valence-electron chi connectivity index (χ3n) is 3.41. The van der Waals surface area contributed by atoms with Gasteiger partial charge < -0.3 is 4.79 Å². The average Bonchev–Trinajstić information content (AvgIpc) is 2.29. The van der Waals surface area contributed by atoms with Crippen LogP contribution in [-0.4, -0.2) is 6.29 Å². The van der Waals surface area contributed by atoms with Gasteiger partial charge in [-0.15, -0.1) is 0 Å². The SMILES string of the molecule is CCC(C)(C)c1ccc(C[C@H](C)C=O)cc1. The zero-order valence-corrected chi connectivity index (χ0v) is 10.8. The van der Waals surface area contributed by atoms with E-state index >= 15 is 0 Å². The van der Waals surface area contributed by atoms with Crippen LogP contribution >= 0.6 is 0 Å². The predicted octanol–water partition coefficient (Wildman–Crippen LogP) is 3.75. The maximum atomic E-state index is 10.6. The summed E-state index contributed by atoms with van der Waals surface area (Å²) in [6.07, 6.45) is 3.00. The molecule has 0 saturated carbocycles. The molecule has 1 heteroatoms. The summed E-state index contributed by atoms with van der Waals surface area (Å²) >= 11 is 0. The number of hydrogen-bond donors (Lipinski definition) is 0. The van der Waals surface area contributed by atoms with Crippen molar-refractivity contribution >= 4 is 6.29 Å². The van der Waals surface area contributed by atoms with Crippen LogP contribution in [0.4, 0.5) is 0 Å². The molecule has 0 aromatic heterocycles. The van der Waals surface area contributed by atoms with Gasteiger partial charge >= 0.3 is 0 Å². The average molecular weight is 218 g/mol. The molecule has 0 unspecified atom stereocenters. The van der Waals surface area contributed by atoms with Crippen molar-refractivity contribution in [3.63, 3.8) is 0 Å². The standard InChI is InChI=1S/C15H22O/c1-5-15(3,4)14-8-6-13(7-9-14)10-12(2)11-16/h6-9,11-12H,5,10H2,1-4H3/t12-/m0/s1. The molecule has 1 nitrogen and oxygen atoms in total. The van der Waals surface area contributed by atoms with Crippen molar-refractivity contribution in [1.82, 2.24) is 0 Å². The first-order valence-electron chi connectivity index (χ1n) is 6.04. The van der Waals surface area contributed by atoms with E-state index in [9.17, 15) is 4.79 Å². The quantitative estimate of drug-likeness (QED) is 0.688. The van der Waals surface area contributed by atoms with Crippen LogP contribution in [0, 0.1) is 5.92 Å². The van der Waals surface area contributed by atoms with Crippen molar-refractivity contribution in [2.24, 2.45) is 5.92 Å². The molecule has 1 aromatic rings. The number of benzene rings is 1. The van der Waals surface area contributed by atoms with Gasteiger partial charge in [-0.2, -0.15) is 0 Å². The van der Waals surface area contributed by atoms with Crippen LogP contribution in [0.1, 0.15) is 45.2 Å². The molecule has 1 aromatic carbocycles. The molecule has 0 bridgehead atoms. The van der Waals surface area contributed by atoms with Gasteiger partial charge in [0.05, 0.1) is 0 Å². The largest absolute Gasteiger partial charge is 0.303 e. The van der Waals surface area contributed by atoms with Crippen molar-refractivity contribution < 1.29 is 4.79 Å². The highest BCUT2D eigenvalue weighted by Gasteiger charge is 2.17. The first kappa shape index (κ1) is 13.0. The first-order chi connectivity index (χ1) is 7.49. The second kappa shape index (κ2) is 5.29. The van der Waals surface area contributed by atoms with E-state index in [-0.39, 0.29) is 11.3 Å². The molecule has 0 spiro atoms. The van der Waals surface area contributed by atoms with E-state index in [4.69, 9.17) is 0 Å². The molecule has 0 aliphatic rings. The Morgan fingerprint density at radius 3 is 2.25 bits per heavy atom. The van der Waals surface area contributed by atoms with Crippen LogP contribution in [-0.2, 0) is 16.6 Å². The summed E-state index contributed by atoms with van der Waals surface area (Å²) in [7, 11) is 0. The van der Waals surface area contributed by atoms with Gasteiger partial charge in [-0.3, -0.25) is 0 Å². The lowest BCUT2D eigenvalue weighted by Crippen LogP contribution is -2.15. The van der Waals surface area contributed by atoms with E-state index in [0.29, 0.717) is 0 Å². The van der Waals surface area contributed by atoms with E-state index in [1.165, 1.54) is 11.1 Å². The molecule has 1 atom stereocenters. The topological polar surface area (TPSA) is 17.1 Å². The predicted molar refractivity (Wildman–Crippen MR) is 68.7 cm³/mol. The summed E-state index contributed by atoms with van der Waals surface area (Å²) in [5.74, 6) is 0.116. The molecule has 0 aliphatic carbocycles. The molecule has 1 rings (SSSR count). The minimum atomic E-state index is 0.116. The Kier molecular flexibility index (Phi) is 4.28. The normalized spacial score (nSPS) is 13.5. The number of carbonyl (C=O) groups excluding carboxylic acids is 1. The number of aldehydes is 1. The van der Waals surface area contributed by atoms with Crippen LogP contribution in [0.3, 0.4) is 0 Å². The molecule has 0 aliphatic heterocycles. The number of hydrogen-bond acceptors (Lipinski definition) is 1. The molecule has 16 heavy (non-hydrogen) atoms. The van der Waals surface area contributed by atoms with Crippen LogP contribution in [0.2, 0.25) is 0 Å². The van der Waals surface area contributed by atoms with Crippen LogP contribution < -0.4 is 0 Å². The van der Waals surface area contributed by atoms with E-state index in [1.807, 2.05) is 6.92 Å². The zero-order valence-electron chi connectivity index (χ0n) is 10.8. The summed E-state index contributed by atoms with van der Waals surface area (Å²) in [5.41, 5.74) is 2.86. The maximum absolute atomic E-state index is 10.6. The van der Waals surface area contributed by atoms with Crippen molar-refractivity contribution in [3.8, 4) is 0 Å². The van der Waals surface area contributed by atoms with E-state index in [1.54, 1.807) is 0 Å². The summed E-state index contributed by atoms with van der Waals surface area (Å²) in [6, 6.07) is 8.67. The van der Waals surface area contributed by atoms with Crippen molar-refractivity contribution in [2.45, 2.75) is 46.0 Å². The Morgan fingerprint density at radius 1 is 1.25 bits per heavy atom. The van der Waals surface area contributed by atoms with Crippen LogP contribution in [0.25, 0.3) is 0 Å². The van der Waals surface area contributed by atoms with Gasteiger partial charge in [0.2, 0.25) is 0 Å². The highest BCUT2D eigenvalue weighted by atomic mass is 16.1. The second-order valence-corrected chi connectivity index (χ2v) is 5.25. The highest BCUT2D eigenvalue weighted by molar-refractivity contribution is 5.53. The number of carbonyl (C=O) groups is 1. The molecule has 0 fully saturated rings. The van der Waals surface area contributed by atoms with Crippen molar-refractivity contribution in [1.29, 1.82) is 0 Å². The number of rotatable bonds is 5. The van der Waals surface area contributed by atoms with Gasteiger partial charge in [-0.25, -0.2) is 0 Å². The minimum absolute atomic E-state index is 0.116. The maximum Gasteiger partial charge on any atom is 0.123 e. The molecule has 0 N–H and O–H groups in total. The molecular formula is C15H22O. The lowest BCUT2D eigenvalue weighted by molar-refractivity contribution is -0.110. The molecular weight excluding hydrogens is 196 g/mol. The molecule has 0 heterocycles. The van der Waals surface area contributed by atoms with Crippen molar-refractivity contribution in [3.05, 3.63) is 35.4 Å². The van der Waals surface area contributed by atoms with E-state index in [0.717, 1.165) is 19.1 Å². The summed E-state index contributed by atoms with van der Waals surface area (Å²) < 4.78 is 0. The Morgan fingerprint density at radius 2 is 1.81 bits per heavy atom. The fraction of sp³-hybridized carbons (Fsp3) is 0.533.